The average molecular weight is 230 g/mol. The van der Waals surface area contributed by atoms with Crippen molar-refractivity contribution in [1.82, 2.24) is 10.2 Å². The van der Waals surface area contributed by atoms with Crippen molar-refractivity contribution in [2.45, 2.75) is 33.2 Å². The zero-order valence-electron chi connectivity index (χ0n) is 10.6. The van der Waals surface area contributed by atoms with Crippen LogP contribution in [-0.4, -0.2) is 49.6 Å². The van der Waals surface area contributed by atoms with E-state index in [0.717, 1.165) is 0 Å². The van der Waals surface area contributed by atoms with Crippen LogP contribution in [0.5, 0.6) is 0 Å². The van der Waals surface area contributed by atoms with Crippen molar-refractivity contribution < 1.29 is 14.3 Å². The standard InChI is InChI=1S/C11H22N2O3/c1-5-9(11(15)16-7-3)13(4)8-10(14)12-6-2/h9H,5-8H2,1-4H3,(H,12,14). The summed E-state index contributed by atoms with van der Waals surface area (Å²) in [5.74, 6) is -0.343. The molecule has 0 fully saturated rings. The molecule has 0 saturated heterocycles. The first-order valence-corrected chi connectivity index (χ1v) is 5.70. The lowest BCUT2D eigenvalue weighted by Crippen LogP contribution is -2.44. The molecule has 5 nitrogen and oxygen atoms in total. The lowest BCUT2D eigenvalue weighted by Gasteiger charge is -2.24. The summed E-state index contributed by atoms with van der Waals surface area (Å²) in [6.07, 6.45) is 0.634. The van der Waals surface area contributed by atoms with Crippen LogP contribution in [0.2, 0.25) is 0 Å². The Morgan fingerprint density at radius 2 is 1.94 bits per heavy atom. The average Bonchev–Trinajstić information content (AvgIpc) is 2.19. The number of hydrogen-bond donors (Lipinski definition) is 1. The summed E-state index contributed by atoms with van der Waals surface area (Å²) in [6.45, 7) is 6.71. The normalized spacial score (nSPS) is 12.3. The summed E-state index contributed by atoms with van der Waals surface area (Å²) in [6, 6.07) is -0.345. The Labute approximate surface area is 97.1 Å². The lowest BCUT2D eigenvalue weighted by atomic mass is 10.2. The van der Waals surface area contributed by atoms with Crippen molar-refractivity contribution in [1.29, 1.82) is 0 Å². The van der Waals surface area contributed by atoms with Gasteiger partial charge in [0.05, 0.1) is 13.2 Å². The third-order valence-corrected chi connectivity index (χ3v) is 2.24. The number of rotatable bonds is 7. The summed E-state index contributed by atoms with van der Waals surface area (Å²) >= 11 is 0. The zero-order chi connectivity index (χ0) is 12.6. The Morgan fingerprint density at radius 3 is 2.38 bits per heavy atom. The second kappa shape index (κ2) is 8.10. The Hall–Kier alpha value is -1.10. The van der Waals surface area contributed by atoms with Gasteiger partial charge in [-0.3, -0.25) is 14.5 Å². The Balaban J connectivity index is 4.24. The number of ether oxygens (including phenoxy) is 1. The van der Waals surface area contributed by atoms with E-state index in [-0.39, 0.29) is 24.5 Å². The van der Waals surface area contributed by atoms with Gasteiger partial charge < -0.3 is 10.1 Å². The highest BCUT2D eigenvalue weighted by Crippen LogP contribution is 2.03. The summed E-state index contributed by atoms with van der Waals surface area (Å²) in [5.41, 5.74) is 0. The number of likely N-dealkylation sites (N-methyl/N-ethyl adjacent to an activating group) is 2. The minimum atomic E-state index is -0.345. The van der Waals surface area contributed by atoms with Gasteiger partial charge in [-0.1, -0.05) is 6.92 Å². The van der Waals surface area contributed by atoms with E-state index in [2.05, 4.69) is 5.32 Å². The molecule has 94 valence electrons. The number of carbonyl (C=O) groups excluding carboxylic acids is 2. The molecule has 1 amide bonds. The van der Waals surface area contributed by atoms with E-state index in [9.17, 15) is 9.59 Å². The molecule has 16 heavy (non-hydrogen) atoms. The predicted octanol–water partition coefficient (Wildman–Crippen LogP) is 0.396. The van der Waals surface area contributed by atoms with E-state index in [4.69, 9.17) is 4.74 Å². The Bertz CT molecular complexity index is 231. The highest BCUT2D eigenvalue weighted by atomic mass is 16.5. The van der Waals surface area contributed by atoms with Gasteiger partial charge in [-0.2, -0.15) is 0 Å². The van der Waals surface area contributed by atoms with E-state index in [1.165, 1.54) is 0 Å². The number of nitrogens with one attached hydrogen (secondary N) is 1. The molecule has 0 aliphatic heterocycles. The number of hydrogen-bond acceptors (Lipinski definition) is 4. The molecule has 0 aromatic heterocycles. The number of amides is 1. The fourth-order valence-corrected chi connectivity index (χ4v) is 1.49. The van der Waals surface area contributed by atoms with Gasteiger partial charge in [-0.05, 0) is 27.3 Å². The predicted molar refractivity (Wildman–Crippen MR) is 62.0 cm³/mol. The van der Waals surface area contributed by atoms with E-state index >= 15 is 0 Å². The molecule has 1 atom stereocenters. The summed E-state index contributed by atoms with van der Waals surface area (Å²) < 4.78 is 4.95. The molecule has 0 aliphatic carbocycles. The molecule has 5 heteroatoms. The van der Waals surface area contributed by atoms with Crippen molar-refractivity contribution in [3.05, 3.63) is 0 Å². The Kier molecular flexibility index (Phi) is 7.54. The SMILES string of the molecule is CCNC(=O)CN(C)C(CC)C(=O)OCC. The summed E-state index contributed by atoms with van der Waals surface area (Å²) in [5, 5.41) is 2.69. The molecule has 0 rings (SSSR count). The van der Waals surface area contributed by atoms with Crippen molar-refractivity contribution >= 4 is 11.9 Å². The Morgan fingerprint density at radius 1 is 1.31 bits per heavy atom. The van der Waals surface area contributed by atoms with Gasteiger partial charge >= 0.3 is 5.97 Å². The minimum Gasteiger partial charge on any atom is -0.465 e. The third-order valence-electron chi connectivity index (χ3n) is 2.24. The molecule has 0 aliphatic rings. The molecule has 0 aromatic rings. The molecule has 1 N–H and O–H groups in total. The van der Waals surface area contributed by atoms with Crippen LogP contribution >= 0.6 is 0 Å². The highest BCUT2D eigenvalue weighted by molar-refractivity contribution is 5.80. The molecular formula is C11H22N2O3. The summed E-state index contributed by atoms with van der Waals surface area (Å²) in [7, 11) is 1.75. The van der Waals surface area contributed by atoms with Gasteiger partial charge in [0.1, 0.15) is 6.04 Å². The van der Waals surface area contributed by atoms with E-state index in [1.807, 2.05) is 13.8 Å². The maximum absolute atomic E-state index is 11.6. The molecular weight excluding hydrogens is 208 g/mol. The number of nitrogens with zero attached hydrogens (tertiary/aromatic N) is 1. The fourth-order valence-electron chi connectivity index (χ4n) is 1.49. The second-order valence-corrected chi connectivity index (χ2v) is 3.54. The second-order valence-electron chi connectivity index (χ2n) is 3.54. The molecule has 0 spiro atoms. The van der Waals surface area contributed by atoms with Crippen LogP contribution in [0.25, 0.3) is 0 Å². The van der Waals surface area contributed by atoms with Crippen LogP contribution in [0, 0.1) is 0 Å². The van der Waals surface area contributed by atoms with Crippen molar-refractivity contribution in [2.75, 3.05) is 26.7 Å². The van der Waals surface area contributed by atoms with Crippen molar-refractivity contribution in [3.63, 3.8) is 0 Å². The molecule has 0 radical (unpaired) electrons. The van der Waals surface area contributed by atoms with Gasteiger partial charge in [-0.25, -0.2) is 0 Å². The largest absolute Gasteiger partial charge is 0.465 e. The topological polar surface area (TPSA) is 58.6 Å². The maximum Gasteiger partial charge on any atom is 0.323 e. The van der Waals surface area contributed by atoms with Gasteiger partial charge in [0, 0.05) is 6.54 Å². The van der Waals surface area contributed by atoms with Crippen LogP contribution < -0.4 is 5.32 Å². The van der Waals surface area contributed by atoms with E-state index in [1.54, 1.807) is 18.9 Å². The number of carbonyl (C=O) groups is 2. The first-order valence-electron chi connectivity index (χ1n) is 5.70. The highest BCUT2D eigenvalue weighted by Gasteiger charge is 2.23. The molecule has 0 aromatic carbocycles. The van der Waals surface area contributed by atoms with Gasteiger partial charge in [0.15, 0.2) is 0 Å². The zero-order valence-corrected chi connectivity index (χ0v) is 10.6. The van der Waals surface area contributed by atoms with Crippen LogP contribution in [0.4, 0.5) is 0 Å². The monoisotopic (exact) mass is 230 g/mol. The molecule has 0 saturated carbocycles. The third kappa shape index (κ3) is 5.11. The quantitative estimate of drug-likeness (QED) is 0.643. The van der Waals surface area contributed by atoms with E-state index in [0.29, 0.717) is 19.6 Å². The molecule has 1 unspecified atom stereocenters. The van der Waals surface area contributed by atoms with Crippen LogP contribution in [0.15, 0.2) is 0 Å². The van der Waals surface area contributed by atoms with Crippen molar-refractivity contribution in [2.24, 2.45) is 0 Å². The van der Waals surface area contributed by atoms with Gasteiger partial charge in [0.25, 0.3) is 0 Å². The first kappa shape index (κ1) is 14.9. The van der Waals surface area contributed by atoms with Crippen LogP contribution in [-0.2, 0) is 14.3 Å². The fraction of sp³-hybridized carbons (Fsp3) is 0.818. The number of esters is 1. The van der Waals surface area contributed by atoms with Crippen molar-refractivity contribution in [3.8, 4) is 0 Å². The lowest BCUT2D eigenvalue weighted by molar-refractivity contribution is -0.149. The van der Waals surface area contributed by atoms with Gasteiger partial charge in [0.2, 0.25) is 5.91 Å². The van der Waals surface area contributed by atoms with Crippen LogP contribution in [0.1, 0.15) is 27.2 Å². The summed E-state index contributed by atoms with van der Waals surface area (Å²) in [4.78, 5) is 24.6. The van der Waals surface area contributed by atoms with E-state index < -0.39 is 0 Å². The van der Waals surface area contributed by atoms with Gasteiger partial charge in [-0.15, -0.1) is 0 Å². The molecule has 0 heterocycles. The van der Waals surface area contributed by atoms with Crippen LogP contribution in [0.3, 0.4) is 0 Å². The first-order chi connectivity index (χ1) is 7.56. The maximum atomic E-state index is 11.6. The smallest absolute Gasteiger partial charge is 0.323 e. The minimum absolute atomic E-state index is 0.0762. The molecule has 0 bridgehead atoms.